The van der Waals surface area contributed by atoms with Crippen LogP contribution in [-0.2, 0) is 0 Å². The summed E-state index contributed by atoms with van der Waals surface area (Å²) in [6.07, 6.45) is 3.90. The average molecular weight is 508 g/mol. The summed E-state index contributed by atoms with van der Waals surface area (Å²) in [5, 5.41) is 1.91. The molecule has 1 aliphatic rings. The molecule has 4 aromatic rings. The molecule has 0 aromatic heterocycles. The number of rotatable bonds is 8. The lowest BCUT2D eigenvalue weighted by molar-refractivity contribution is 0.183. The first kappa shape index (κ1) is 25.8. The lowest BCUT2D eigenvalue weighted by Gasteiger charge is -2.26. The third-order valence-corrected chi connectivity index (χ3v) is 6.48. The maximum absolute atomic E-state index is 14.0. The Hall–Kier alpha value is -3.28. The minimum absolute atomic E-state index is 0. The largest absolute Gasteiger partial charge is 0.497 e. The van der Waals surface area contributed by atoms with E-state index in [1.54, 1.807) is 13.2 Å². The molecule has 0 aliphatic carbocycles. The lowest BCUT2D eigenvalue weighted by atomic mass is 9.99. The van der Waals surface area contributed by atoms with E-state index in [4.69, 9.17) is 14.2 Å². The number of benzene rings is 4. The zero-order chi connectivity index (χ0) is 24.0. The van der Waals surface area contributed by atoms with E-state index in [0.29, 0.717) is 18.1 Å². The van der Waals surface area contributed by atoms with E-state index in [1.807, 2.05) is 60.7 Å². The molecule has 0 atom stereocenters. The van der Waals surface area contributed by atoms with Crippen LogP contribution in [0.15, 0.2) is 78.9 Å². The second-order valence-corrected chi connectivity index (χ2v) is 8.86. The summed E-state index contributed by atoms with van der Waals surface area (Å²) in [4.78, 5) is 2.46. The van der Waals surface area contributed by atoms with E-state index in [1.165, 1.54) is 44.5 Å². The van der Waals surface area contributed by atoms with Crippen molar-refractivity contribution in [3.63, 3.8) is 0 Å². The van der Waals surface area contributed by atoms with Gasteiger partial charge in [-0.15, -0.1) is 12.4 Å². The molecule has 5 rings (SSSR count). The van der Waals surface area contributed by atoms with E-state index in [2.05, 4.69) is 4.90 Å². The monoisotopic (exact) mass is 507 g/mol. The van der Waals surface area contributed by atoms with Crippen molar-refractivity contribution in [2.24, 2.45) is 0 Å². The van der Waals surface area contributed by atoms with E-state index in [-0.39, 0.29) is 18.2 Å². The van der Waals surface area contributed by atoms with Crippen LogP contribution in [0.1, 0.15) is 19.3 Å². The molecule has 6 heteroatoms. The Morgan fingerprint density at radius 3 is 2.31 bits per heavy atom. The van der Waals surface area contributed by atoms with Crippen LogP contribution in [0.3, 0.4) is 0 Å². The average Bonchev–Trinajstić information content (AvgIpc) is 2.90. The van der Waals surface area contributed by atoms with Gasteiger partial charge in [0, 0.05) is 17.5 Å². The fourth-order valence-corrected chi connectivity index (χ4v) is 4.60. The number of halogens is 2. The van der Waals surface area contributed by atoms with Crippen molar-refractivity contribution >= 4 is 23.2 Å². The first-order valence-corrected chi connectivity index (χ1v) is 12.2. The molecule has 4 nitrogen and oxygen atoms in total. The smallest absolute Gasteiger partial charge is 0.143 e. The van der Waals surface area contributed by atoms with Gasteiger partial charge in [0.1, 0.15) is 35.4 Å². The van der Waals surface area contributed by atoms with Gasteiger partial charge in [-0.05, 0) is 97.5 Å². The molecule has 1 aliphatic heterocycles. The van der Waals surface area contributed by atoms with Gasteiger partial charge < -0.3 is 14.2 Å². The molecule has 0 radical (unpaired) electrons. The highest BCUT2D eigenvalue weighted by Gasteiger charge is 2.14. The van der Waals surface area contributed by atoms with E-state index < -0.39 is 0 Å². The van der Waals surface area contributed by atoms with Crippen LogP contribution in [0, 0.1) is 5.82 Å². The number of nitrogens with zero attached hydrogens (tertiary/aromatic N) is 1. The molecule has 0 bridgehead atoms. The highest BCUT2D eigenvalue weighted by atomic mass is 35.5. The maximum Gasteiger partial charge on any atom is 0.143 e. The van der Waals surface area contributed by atoms with Crippen molar-refractivity contribution in [2.75, 3.05) is 33.4 Å². The van der Waals surface area contributed by atoms with Gasteiger partial charge in [0.25, 0.3) is 0 Å². The van der Waals surface area contributed by atoms with Crippen LogP contribution in [0.4, 0.5) is 4.39 Å². The predicted molar refractivity (Wildman–Crippen MR) is 145 cm³/mol. The number of ether oxygens (including phenoxy) is 3. The van der Waals surface area contributed by atoms with Crippen molar-refractivity contribution < 1.29 is 18.6 Å². The number of fused-ring (bicyclic) bond motifs is 1. The topological polar surface area (TPSA) is 30.9 Å². The summed E-state index contributed by atoms with van der Waals surface area (Å²) >= 11 is 0. The molecule has 0 unspecified atom stereocenters. The second kappa shape index (κ2) is 12.1. The van der Waals surface area contributed by atoms with Crippen molar-refractivity contribution in [2.45, 2.75) is 19.3 Å². The van der Waals surface area contributed by atoms with Gasteiger partial charge in [-0.1, -0.05) is 24.6 Å². The van der Waals surface area contributed by atoms with Crippen LogP contribution in [0.5, 0.6) is 23.0 Å². The fraction of sp³-hybridized carbons (Fsp3) is 0.267. The summed E-state index contributed by atoms with van der Waals surface area (Å²) in [5.74, 6) is 2.67. The summed E-state index contributed by atoms with van der Waals surface area (Å²) in [5.41, 5.74) is 1.58. The van der Waals surface area contributed by atoms with Crippen LogP contribution >= 0.6 is 12.4 Å². The van der Waals surface area contributed by atoms with Crippen LogP contribution in [0.2, 0.25) is 0 Å². The highest BCUT2D eigenvalue weighted by Crippen LogP contribution is 2.41. The Balaban J connectivity index is 0.00000304. The SMILES string of the molecule is COc1ccc2c(Oc3ccc(OCCN4CCCCC4)cc3)c(-c3cccc(F)c3)ccc2c1.Cl. The molecule has 36 heavy (non-hydrogen) atoms. The molecule has 1 fully saturated rings. The summed E-state index contributed by atoms with van der Waals surface area (Å²) in [7, 11) is 1.65. The molecule has 4 aromatic carbocycles. The zero-order valence-electron chi connectivity index (χ0n) is 20.4. The van der Waals surface area contributed by atoms with Gasteiger partial charge in [0.2, 0.25) is 0 Å². The van der Waals surface area contributed by atoms with Gasteiger partial charge >= 0.3 is 0 Å². The standard InChI is InChI=1S/C30H30FNO3.ClH/c1-33-27-13-15-29-23(21-27)8-14-28(22-6-5-7-24(31)20-22)30(29)35-26-11-9-25(10-12-26)34-19-18-32-16-3-2-4-17-32;/h5-15,20-21H,2-4,16-19H2,1H3;1H. The normalized spacial score (nSPS) is 13.7. The molecule has 1 heterocycles. The van der Waals surface area contributed by atoms with Gasteiger partial charge in [0.05, 0.1) is 7.11 Å². The third kappa shape index (κ3) is 6.10. The maximum atomic E-state index is 14.0. The molecular weight excluding hydrogens is 477 g/mol. The fourth-order valence-electron chi connectivity index (χ4n) is 4.60. The van der Waals surface area contributed by atoms with E-state index in [0.717, 1.165) is 39.9 Å². The lowest BCUT2D eigenvalue weighted by Crippen LogP contribution is -2.33. The van der Waals surface area contributed by atoms with E-state index in [9.17, 15) is 4.39 Å². The van der Waals surface area contributed by atoms with Gasteiger partial charge in [-0.2, -0.15) is 0 Å². The Labute approximate surface area is 218 Å². The first-order valence-electron chi connectivity index (χ1n) is 12.2. The predicted octanol–water partition coefficient (Wildman–Crippen LogP) is 7.73. The second-order valence-electron chi connectivity index (χ2n) is 8.86. The molecule has 0 spiro atoms. The molecule has 0 amide bonds. The minimum atomic E-state index is -0.283. The van der Waals surface area contributed by atoms with Crippen LogP contribution < -0.4 is 14.2 Å². The van der Waals surface area contributed by atoms with Gasteiger partial charge in [-0.25, -0.2) is 4.39 Å². The first-order chi connectivity index (χ1) is 17.2. The molecule has 1 saturated heterocycles. The summed E-state index contributed by atoms with van der Waals surface area (Å²) in [6, 6.07) is 24.1. The van der Waals surface area contributed by atoms with Crippen LogP contribution in [0.25, 0.3) is 21.9 Å². The van der Waals surface area contributed by atoms with Crippen molar-refractivity contribution in [1.82, 2.24) is 4.90 Å². The number of hydrogen-bond donors (Lipinski definition) is 0. The summed E-state index contributed by atoms with van der Waals surface area (Å²) in [6.45, 7) is 3.96. The van der Waals surface area contributed by atoms with Crippen LogP contribution in [-0.4, -0.2) is 38.3 Å². The Morgan fingerprint density at radius 2 is 1.56 bits per heavy atom. The Morgan fingerprint density at radius 1 is 0.806 bits per heavy atom. The molecule has 0 N–H and O–H groups in total. The molecule has 188 valence electrons. The van der Waals surface area contributed by atoms with Crippen molar-refractivity contribution in [1.29, 1.82) is 0 Å². The number of methoxy groups -OCH3 is 1. The van der Waals surface area contributed by atoms with Gasteiger partial charge in [-0.3, -0.25) is 4.90 Å². The minimum Gasteiger partial charge on any atom is -0.497 e. The highest BCUT2D eigenvalue weighted by molar-refractivity contribution is 5.96. The quantitative estimate of drug-likeness (QED) is 0.244. The van der Waals surface area contributed by atoms with Crippen molar-refractivity contribution in [3.8, 4) is 34.1 Å². The van der Waals surface area contributed by atoms with Crippen molar-refractivity contribution in [3.05, 3.63) is 84.7 Å². The number of piperidine rings is 1. The molecular formula is C30H31ClFNO3. The number of likely N-dealkylation sites (tertiary alicyclic amines) is 1. The number of hydrogen-bond acceptors (Lipinski definition) is 4. The van der Waals surface area contributed by atoms with Gasteiger partial charge in [0.15, 0.2) is 0 Å². The summed E-state index contributed by atoms with van der Waals surface area (Å²) < 4.78 is 31.8. The Bertz CT molecular complexity index is 1290. The van der Waals surface area contributed by atoms with E-state index >= 15 is 0 Å². The third-order valence-electron chi connectivity index (χ3n) is 6.48. The Kier molecular flexibility index (Phi) is 8.68. The zero-order valence-corrected chi connectivity index (χ0v) is 21.2. The molecule has 0 saturated carbocycles.